The highest BCUT2D eigenvalue weighted by Gasteiger charge is 2.04. The van der Waals surface area contributed by atoms with E-state index in [0.717, 1.165) is 13.0 Å². The SMILES string of the molecule is C=CCC[n+]1ccn(-c2ccccc2)c1.[Br-]. The van der Waals surface area contributed by atoms with Gasteiger partial charge in [-0.1, -0.05) is 24.3 Å². The molecule has 1 aromatic heterocycles. The van der Waals surface area contributed by atoms with Crippen LogP contribution >= 0.6 is 0 Å². The third-order valence-electron chi connectivity index (χ3n) is 2.34. The topological polar surface area (TPSA) is 8.81 Å². The van der Waals surface area contributed by atoms with Crippen molar-refractivity contribution >= 4 is 0 Å². The lowest BCUT2D eigenvalue weighted by Crippen LogP contribution is -3.00. The Bertz CT molecular complexity index is 434. The first-order valence-corrected chi connectivity index (χ1v) is 5.13. The molecule has 2 aromatic rings. The number of benzene rings is 1. The van der Waals surface area contributed by atoms with Gasteiger partial charge in [-0.15, -0.1) is 6.58 Å². The van der Waals surface area contributed by atoms with Gasteiger partial charge in [-0.2, -0.15) is 0 Å². The number of aryl methyl sites for hydroxylation is 1. The van der Waals surface area contributed by atoms with Gasteiger partial charge in [-0.05, 0) is 12.1 Å². The molecule has 0 unspecified atom stereocenters. The molecular weight excluding hydrogens is 264 g/mol. The van der Waals surface area contributed by atoms with Gasteiger partial charge in [0.1, 0.15) is 18.1 Å². The van der Waals surface area contributed by atoms with Crippen molar-refractivity contribution in [1.82, 2.24) is 4.57 Å². The minimum Gasteiger partial charge on any atom is -1.00 e. The zero-order valence-electron chi connectivity index (χ0n) is 9.09. The maximum absolute atomic E-state index is 3.72. The quantitative estimate of drug-likeness (QED) is 0.519. The van der Waals surface area contributed by atoms with Gasteiger partial charge < -0.3 is 17.0 Å². The lowest BCUT2D eigenvalue weighted by Gasteiger charge is -1.93. The maximum Gasteiger partial charge on any atom is 0.248 e. The van der Waals surface area contributed by atoms with Crippen LogP contribution in [0.3, 0.4) is 0 Å². The molecule has 0 amide bonds. The number of para-hydroxylation sites is 1. The molecule has 16 heavy (non-hydrogen) atoms. The average molecular weight is 279 g/mol. The highest BCUT2D eigenvalue weighted by Crippen LogP contribution is 2.04. The Morgan fingerprint density at radius 3 is 2.69 bits per heavy atom. The summed E-state index contributed by atoms with van der Waals surface area (Å²) < 4.78 is 4.28. The fourth-order valence-electron chi connectivity index (χ4n) is 1.52. The van der Waals surface area contributed by atoms with E-state index in [1.165, 1.54) is 5.69 Å². The standard InChI is InChI=1S/C13H15N2.BrH/c1-2-3-9-14-10-11-15(12-14)13-7-5-4-6-8-13;/h2,4-8,10-12H,1,3,9H2;1H/q+1;/p-1. The van der Waals surface area contributed by atoms with Gasteiger partial charge in [0.25, 0.3) is 0 Å². The fraction of sp³-hybridized carbons (Fsp3) is 0.154. The molecule has 2 rings (SSSR count). The van der Waals surface area contributed by atoms with E-state index >= 15 is 0 Å². The predicted octanol–water partition coefficient (Wildman–Crippen LogP) is -0.655. The lowest BCUT2D eigenvalue weighted by molar-refractivity contribution is -0.695. The monoisotopic (exact) mass is 278 g/mol. The molecule has 0 atom stereocenters. The molecular formula is C13H15BrN2. The van der Waals surface area contributed by atoms with Crippen molar-refractivity contribution in [3.8, 4) is 5.69 Å². The number of allylic oxidation sites excluding steroid dienone is 1. The van der Waals surface area contributed by atoms with Crippen LogP contribution in [0.25, 0.3) is 5.69 Å². The van der Waals surface area contributed by atoms with Gasteiger partial charge in [0.05, 0.1) is 6.54 Å². The van der Waals surface area contributed by atoms with Gasteiger partial charge in [0, 0.05) is 6.42 Å². The lowest BCUT2D eigenvalue weighted by atomic mass is 10.3. The Kier molecular flexibility index (Phi) is 4.99. The van der Waals surface area contributed by atoms with Crippen LogP contribution in [0.5, 0.6) is 0 Å². The summed E-state index contributed by atoms with van der Waals surface area (Å²) in [6.07, 6.45) is 9.18. The zero-order chi connectivity index (χ0) is 10.5. The molecule has 3 heteroatoms. The second-order valence-corrected chi connectivity index (χ2v) is 3.47. The van der Waals surface area contributed by atoms with Crippen LogP contribution in [-0.2, 0) is 6.54 Å². The third kappa shape index (κ3) is 3.07. The van der Waals surface area contributed by atoms with Crippen molar-refractivity contribution in [2.75, 3.05) is 0 Å². The molecule has 0 bridgehead atoms. The summed E-state index contributed by atoms with van der Waals surface area (Å²) in [5, 5.41) is 0. The third-order valence-corrected chi connectivity index (χ3v) is 2.34. The second-order valence-electron chi connectivity index (χ2n) is 3.47. The average Bonchev–Trinajstić information content (AvgIpc) is 2.76. The van der Waals surface area contributed by atoms with Crippen LogP contribution in [0, 0.1) is 0 Å². The predicted molar refractivity (Wildman–Crippen MR) is 60.8 cm³/mol. The number of hydrogen-bond acceptors (Lipinski definition) is 0. The Balaban J connectivity index is 0.00000128. The molecule has 1 heterocycles. The maximum atomic E-state index is 3.72. The largest absolute Gasteiger partial charge is 1.00 e. The number of imidazole rings is 1. The van der Waals surface area contributed by atoms with E-state index in [9.17, 15) is 0 Å². The molecule has 0 N–H and O–H groups in total. The highest BCUT2D eigenvalue weighted by molar-refractivity contribution is 5.30. The number of halogens is 1. The first-order chi connectivity index (χ1) is 7.40. The molecule has 2 nitrogen and oxygen atoms in total. The molecule has 1 aromatic carbocycles. The molecule has 0 spiro atoms. The summed E-state index contributed by atoms with van der Waals surface area (Å²) in [7, 11) is 0. The highest BCUT2D eigenvalue weighted by atomic mass is 79.9. The summed E-state index contributed by atoms with van der Waals surface area (Å²) in [5.41, 5.74) is 1.19. The molecule has 0 saturated heterocycles. The second kappa shape index (κ2) is 6.28. The Hall–Kier alpha value is -1.35. The number of aromatic nitrogens is 2. The number of hydrogen-bond donors (Lipinski definition) is 0. The van der Waals surface area contributed by atoms with E-state index in [1.54, 1.807) is 0 Å². The Labute approximate surface area is 107 Å². The van der Waals surface area contributed by atoms with Crippen LogP contribution in [0.15, 0.2) is 61.7 Å². The minimum absolute atomic E-state index is 0. The van der Waals surface area contributed by atoms with Gasteiger partial charge in [-0.3, -0.25) is 0 Å². The van der Waals surface area contributed by atoms with Gasteiger partial charge in [0.15, 0.2) is 0 Å². The van der Waals surface area contributed by atoms with Crippen molar-refractivity contribution in [3.63, 3.8) is 0 Å². The van der Waals surface area contributed by atoms with Crippen molar-refractivity contribution in [2.45, 2.75) is 13.0 Å². The molecule has 0 aliphatic rings. The van der Waals surface area contributed by atoms with E-state index in [0.29, 0.717) is 0 Å². The van der Waals surface area contributed by atoms with Gasteiger partial charge >= 0.3 is 0 Å². The smallest absolute Gasteiger partial charge is 0.248 e. The Morgan fingerprint density at radius 1 is 1.25 bits per heavy atom. The first kappa shape index (κ1) is 12.7. The number of rotatable bonds is 4. The van der Waals surface area contributed by atoms with Crippen molar-refractivity contribution in [3.05, 3.63) is 61.7 Å². The summed E-state index contributed by atoms with van der Waals surface area (Å²) in [5.74, 6) is 0. The minimum atomic E-state index is 0. The Morgan fingerprint density at radius 2 is 2.00 bits per heavy atom. The number of nitrogens with zero attached hydrogens (tertiary/aromatic N) is 2. The van der Waals surface area contributed by atoms with Crippen LogP contribution in [0.4, 0.5) is 0 Å². The normalized spacial score (nSPS) is 9.50. The molecule has 84 valence electrons. The van der Waals surface area contributed by atoms with Crippen LogP contribution < -0.4 is 21.5 Å². The molecule has 0 aliphatic heterocycles. The summed E-state index contributed by atoms with van der Waals surface area (Å²) in [4.78, 5) is 0. The van der Waals surface area contributed by atoms with Crippen molar-refractivity contribution < 1.29 is 21.5 Å². The van der Waals surface area contributed by atoms with Gasteiger partial charge in [0.2, 0.25) is 6.33 Å². The summed E-state index contributed by atoms with van der Waals surface area (Å²) >= 11 is 0. The van der Waals surface area contributed by atoms with Crippen molar-refractivity contribution in [2.24, 2.45) is 0 Å². The van der Waals surface area contributed by atoms with E-state index in [2.05, 4.69) is 46.6 Å². The van der Waals surface area contributed by atoms with Crippen LogP contribution in [0.1, 0.15) is 6.42 Å². The van der Waals surface area contributed by atoms with E-state index in [1.807, 2.05) is 24.3 Å². The van der Waals surface area contributed by atoms with E-state index in [-0.39, 0.29) is 17.0 Å². The van der Waals surface area contributed by atoms with E-state index in [4.69, 9.17) is 0 Å². The molecule has 0 aliphatic carbocycles. The first-order valence-electron chi connectivity index (χ1n) is 5.13. The molecule has 0 fully saturated rings. The fourth-order valence-corrected chi connectivity index (χ4v) is 1.52. The zero-order valence-corrected chi connectivity index (χ0v) is 10.7. The summed E-state index contributed by atoms with van der Waals surface area (Å²) in [6, 6.07) is 10.3. The molecule has 0 saturated carbocycles. The molecule has 0 radical (unpaired) electrons. The van der Waals surface area contributed by atoms with Crippen LogP contribution in [0.2, 0.25) is 0 Å². The van der Waals surface area contributed by atoms with Gasteiger partial charge in [-0.25, -0.2) is 9.13 Å². The van der Waals surface area contributed by atoms with Crippen molar-refractivity contribution in [1.29, 1.82) is 0 Å². The van der Waals surface area contributed by atoms with E-state index < -0.39 is 0 Å². The van der Waals surface area contributed by atoms with Crippen LogP contribution in [-0.4, -0.2) is 4.57 Å². The summed E-state index contributed by atoms with van der Waals surface area (Å²) in [6.45, 7) is 4.71.